The normalized spacial score (nSPS) is 24.0. The van der Waals surface area contributed by atoms with E-state index in [0.29, 0.717) is 31.3 Å². The molecule has 188 valence electrons. The summed E-state index contributed by atoms with van der Waals surface area (Å²) in [5.41, 5.74) is 4.19. The largest absolute Gasteiger partial charge is 0.416 e. The van der Waals surface area contributed by atoms with Gasteiger partial charge in [-0.15, -0.1) is 0 Å². The van der Waals surface area contributed by atoms with Crippen LogP contribution in [0.5, 0.6) is 5.75 Å². The Labute approximate surface area is 206 Å². The minimum absolute atomic E-state index is 0.155. The molecule has 2 aromatic rings. The molecular formula is C26H26F3N5O2. The van der Waals surface area contributed by atoms with Gasteiger partial charge in [0.1, 0.15) is 5.75 Å². The third-order valence-corrected chi connectivity index (χ3v) is 7.44. The Morgan fingerprint density at radius 1 is 1.19 bits per heavy atom. The smallest absolute Gasteiger partial charge is 0.410 e. The van der Waals surface area contributed by atoms with E-state index in [0.717, 1.165) is 53.9 Å². The summed E-state index contributed by atoms with van der Waals surface area (Å²) in [4.78, 5) is 16.2. The number of carbonyl (C=O) groups is 1. The fourth-order valence-corrected chi connectivity index (χ4v) is 5.69. The predicted octanol–water partition coefficient (Wildman–Crippen LogP) is 5.01. The fraction of sp³-hybridized carbons (Fsp3) is 0.385. The molecule has 0 radical (unpaired) electrons. The van der Waals surface area contributed by atoms with Gasteiger partial charge in [0.05, 0.1) is 23.6 Å². The average molecular weight is 498 g/mol. The number of amides is 1. The molecule has 4 aliphatic rings. The number of piperidine rings is 1. The predicted molar refractivity (Wildman–Crippen MR) is 127 cm³/mol. The Balaban J connectivity index is 1.22. The summed E-state index contributed by atoms with van der Waals surface area (Å²) in [6, 6.07) is 6.05. The van der Waals surface area contributed by atoms with Gasteiger partial charge in [-0.3, -0.25) is 10.00 Å². The molecule has 7 nitrogen and oxygen atoms in total. The molecule has 0 saturated carbocycles. The van der Waals surface area contributed by atoms with Crippen molar-refractivity contribution in [3.05, 3.63) is 71.1 Å². The number of ether oxygens (including phenoxy) is 1. The SMILES string of the molecule is O=C1NCc2cc(-c3[nH]ncc3CN3C4CCC3N(C3=CC=C(C(F)(F)F)C=CCC3)C4)ccc2O1. The van der Waals surface area contributed by atoms with Crippen molar-refractivity contribution in [1.82, 2.24) is 25.3 Å². The number of nitrogens with one attached hydrogen (secondary N) is 2. The lowest BCUT2D eigenvalue weighted by Gasteiger charge is -2.32. The van der Waals surface area contributed by atoms with Crippen molar-refractivity contribution in [3.8, 4) is 17.0 Å². The van der Waals surface area contributed by atoms with Gasteiger partial charge in [-0.05, 0) is 56.0 Å². The van der Waals surface area contributed by atoms with Crippen LogP contribution in [0.1, 0.15) is 36.8 Å². The number of halogens is 3. The van der Waals surface area contributed by atoms with E-state index in [-0.39, 0.29) is 6.17 Å². The minimum Gasteiger partial charge on any atom is -0.410 e. The summed E-state index contributed by atoms with van der Waals surface area (Å²) in [6.45, 7) is 1.92. The van der Waals surface area contributed by atoms with Gasteiger partial charge in [-0.1, -0.05) is 12.2 Å². The molecule has 0 spiro atoms. The number of hydrogen-bond donors (Lipinski definition) is 2. The monoisotopic (exact) mass is 497 g/mol. The Morgan fingerprint density at radius 3 is 2.94 bits per heavy atom. The molecule has 1 aliphatic carbocycles. The van der Waals surface area contributed by atoms with Gasteiger partial charge in [-0.25, -0.2) is 4.79 Å². The maximum atomic E-state index is 13.3. The zero-order chi connectivity index (χ0) is 24.9. The van der Waals surface area contributed by atoms with Gasteiger partial charge in [0.25, 0.3) is 0 Å². The first-order valence-corrected chi connectivity index (χ1v) is 12.1. The van der Waals surface area contributed by atoms with Crippen LogP contribution in [0.3, 0.4) is 0 Å². The van der Waals surface area contributed by atoms with Gasteiger partial charge < -0.3 is 15.0 Å². The molecule has 1 amide bonds. The number of hydrogen-bond acceptors (Lipinski definition) is 5. The van der Waals surface area contributed by atoms with Crippen LogP contribution in [0.15, 0.2) is 60.0 Å². The van der Waals surface area contributed by atoms with E-state index < -0.39 is 17.8 Å². The third-order valence-electron chi connectivity index (χ3n) is 7.44. The van der Waals surface area contributed by atoms with Crippen LogP contribution >= 0.6 is 0 Å². The molecule has 6 rings (SSSR count). The van der Waals surface area contributed by atoms with Gasteiger partial charge in [0.15, 0.2) is 0 Å². The van der Waals surface area contributed by atoms with Crippen LogP contribution in [0.4, 0.5) is 18.0 Å². The number of fused-ring (bicyclic) bond motifs is 3. The number of alkyl halides is 3. The number of aromatic amines is 1. The van der Waals surface area contributed by atoms with Gasteiger partial charge in [0, 0.05) is 48.1 Å². The molecule has 2 saturated heterocycles. The van der Waals surface area contributed by atoms with Crippen molar-refractivity contribution in [2.24, 2.45) is 0 Å². The number of carbonyl (C=O) groups excluding carboxylic acids is 1. The van der Waals surface area contributed by atoms with Crippen molar-refractivity contribution >= 4 is 6.09 Å². The molecule has 2 unspecified atom stereocenters. The lowest BCUT2D eigenvalue weighted by Crippen LogP contribution is -2.36. The molecule has 1 aromatic carbocycles. The number of H-pyrrole nitrogens is 1. The number of rotatable bonds is 4. The van der Waals surface area contributed by atoms with E-state index in [1.165, 1.54) is 12.2 Å². The second-order valence-electron chi connectivity index (χ2n) is 9.59. The number of likely N-dealkylation sites (tertiary alicyclic amines) is 1. The Bertz CT molecular complexity index is 1280. The summed E-state index contributed by atoms with van der Waals surface area (Å²) in [5, 5.41) is 10.1. The summed E-state index contributed by atoms with van der Waals surface area (Å²) in [7, 11) is 0. The van der Waals surface area contributed by atoms with E-state index >= 15 is 0 Å². The molecule has 2 N–H and O–H groups in total. The topological polar surface area (TPSA) is 73.5 Å². The molecule has 4 heterocycles. The van der Waals surface area contributed by atoms with E-state index in [1.807, 2.05) is 18.3 Å². The highest BCUT2D eigenvalue weighted by Gasteiger charge is 2.45. The zero-order valence-corrected chi connectivity index (χ0v) is 19.5. The van der Waals surface area contributed by atoms with Crippen LogP contribution in [-0.4, -0.2) is 51.0 Å². The fourth-order valence-electron chi connectivity index (χ4n) is 5.69. The quantitative estimate of drug-likeness (QED) is 0.622. The summed E-state index contributed by atoms with van der Waals surface area (Å²) in [6.07, 6.45) is 6.21. The first-order valence-electron chi connectivity index (χ1n) is 12.1. The maximum Gasteiger partial charge on any atom is 0.416 e. The molecule has 10 heteroatoms. The molecule has 2 bridgehead atoms. The average Bonchev–Trinajstić information content (AvgIpc) is 3.53. The Kier molecular flexibility index (Phi) is 5.63. The van der Waals surface area contributed by atoms with Crippen molar-refractivity contribution in [3.63, 3.8) is 0 Å². The van der Waals surface area contributed by atoms with Gasteiger partial charge >= 0.3 is 12.3 Å². The number of benzene rings is 1. The highest BCUT2D eigenvalue weighted by Crippen LogP contribution is 2.40. The lowest BCUT2D eigenvalue weighted by molar-refractivity contribution is -0.0882. The molecule has 2 fully saturated rings. The van der Waals surface area contributed by atoms with Crippen molar-refractivity contribution in [2.45, 2.75) is 57.2 Å². The Hall–Kier alpha value is -3.53. The van der Waals surface area contributed by atoms with Gasteiger partial charge in [-0.2, -0.15) is 18.3 Å². The Morgan fingerprint density at radius 2 is 2.08 bits per heavy atom. The standard InChI is InChI=1S/C26H26F3N5O2/c27-26(28,29)19-3-1-2-4-20(7-6-19)34-15-21-8-10-23(34)33(21)14-18-13-31-32-24(18)16-5-9-22-17(11-16)12-30-25(35)36-22/h1,3,5-7,9,11,13,21,23H,2,4,8,10,12,14-15H2,(H,30,35)(H,31,32). The minimum atomic E-state index is -4.35. The molecular weight excluding hydrogens is 471 g/mol. The zero-order valence-electron chi connectivity index (χ0n) is 19.5. The van der Waals surface area contributed by atoms with E-state index in [4.69, 9.17) is 4.74 Å². The van der Waals surface area contributed by atoms with Crippen LogP contribution < -0.4 is 10.1 Å². The second kappa shape index (κ2) is 8.85. The van der Waals surface area contributed by atoms with Crippen molar-refractivity contribution in [1.29, 1.82) is 0 Å². The molecule has 3 aliphatic heterocycles. The van der Waals surface area contributed by atoms with Crippen LogP contribution in [-0.2, 0) is 13.1 Å². The van der Waals surface area contributed by atoms with Crippen LogP contribution in [0.25, 0.3) is 11.3 Å². The van der Waals surface area contributed by atoms with Crippen LogP contribution in [0, 0.1) is 0 Å². The first kappa shape index (κ1) is 22.9. The van der Waals surface area contributed by atoms with Crippen LogP contribution in [0.2, 0.25) is 0 Å². The molecule has 2 atom stereocenters. The number of nitrogens with zero attached hydrogens (tertiary/aromatic N) is 3. The van der Waals surface area contributed by atoms with Crippen molar-refractivity contribution in [2.75, 3.05) is 6.54 Å². The second-order valence-corrected chi connectivity index (χ2v) is 9.59. The number of allylic oxidation sites excluding steroid dienone is 6. The summed E-state index contributed by atoms with van der Waals surface area (Å²) < 4.78 is 45.0. The summed E-state index contributed by atoms with van der Waals surface area (Å²) >= 11 is 0. The maximum absolute atomic E-state index is 13.3. The molecule has 1 aromatic heterocycles. The number of aromatic nitrogens is 2. The lowest BCUT2D eigenvalue weighted by atomic mass is 10.0. The highest BCUT2D eigenvalue weighted by atomic mass is 19.4. The molecule has 36 heavy (non-hydrogen) atoms. The van der Waals surface area contributed by atoms with E-state index in [9.17, 15) is 18.0 Å². The highest BCUT2D eigenvalue weighted by molar-refractivity contribution is 5.74. The van der Waals surface area contributed by atoms with Crippen molar-refractivity contribution < 1.29 is 22.7 Å². The summed E-state index contributed by atoms with van der Waals surface area (Å²) in [5.74, 6) is 0.557. The van der Waals surface area contributed by atoms with E-state index in [1.54, 1.807) is 18.2 Å². The van der Waals surface area contributed by atoms with Gasteiger partial charge in [0.2, 0.25) is 0 Å². The first-order chi connectivity index (χ1) is 17.4. The third kappa shape index (κ3) is 4.19. The van der Waals surface area contributed by atoms with E-state index in [2.05, 4.69) is 25.3 Å².